The summed E-state index contributed by atoms with van der Waals surface area (Å²) in [6.07, 6.45) is 29.0. The molecule has 6 nitrogen and oxygen atoms in total. The van der Waals surface area contributed by atoms with E-state index in [0.717, 1.165) is 97.6 Å². The van der Waals surface area contributed by atoms with Crippen molar-refractivity contribution in [2.24, 2.45) is 11.8 Å². The maximum Gasteiger partial charge on any atom is 0.306 e. The molecule has 0 spiro atoms. The molecular weight excluding hydrogens is 949 g/mol. The number of carbonyl (C=O) groups is 2. The summed E-state index contributed by atoms with van der Waals surface area (Å²) in [5.74, 6) is -2.84. The van der Waals surface area contributed by atoms with Crippen LogP contribution in [0.4, 0.5) is 0 Å². The van der Waals surface area contributed by atoms with E-state index in [2.05, 4.69) is 182 Å². The molecule has 0 aliphatic carbocycles. The molecule has 2 unspecified atom stereocenters. The van der Waals surface area contributed by atoms with Gasteiger partial charge in [0, 0.05) is 13.2 Å². The van der Waals surface area contributed by atoms with Gasteiger partial charge in [0.15, 0.2) is 0 Å². The van der Waals surface area contributed by atoms with Crippen molar-refractivity contribution >= 4 is 11.9 Å². The van der Waals surface area contributed by atoms with Crippen LogP contribution in [0.2, 0.25) is 0 Å². The Bertz CT molecular complexity index is 2060. The minimum absolute atomic E-state index is 0.246. The highest BCUT2D eigenvalue weighted by atomic mass is 16.5. The van der Waals surface area contributed by atoms with E-state index in [1.165, 1.54) is 89.9 Å². The molecule has 6 aromatic carbocycles. The smallest absolute Gasteiger partial charge is 0.306 e. The zero-order chi connectivity index (χ0) is 53.9. The van der Waals surface area contributed by atoms with E-state index in [4.69, 9.17) is 9.47 Å². The number of ether oxygens (including phenoxy) is 2. The Morgan fingerprint density at radius 2 is 0.468 bits per heavy atom. The van der Waals surface area contributed by atoms with E-state index in [1.807, 2.05) is 0 Å². The van der Waals surface area contributed by atoms with Gasteiger partial charge in [0.2, 0.25) is 0 Å². The van der Waals surface area contributed by atoms with Crippen molar-refractivity contribution in [3.05, 3.63) is 215 Å². The number of rotatable bonds is 42. The summed E-state index contributed by atoms with van der Waals surface area (Å²) in [5, 5.41) is 20.0. The molecule has 412 valence electrons. The summed E-state index contributed by atoms with van der Waals surface area (Å²) in [4.78, 5) is 24.4. The Morgan fingerprint density at radius 1 is 0.286 bits per heavy atom. The first-order valence-electron chi connectivity index (χ1n) is 30.0. The van der Waals surface area contributed by atoms with Crippen molar-refractivity contribution in [1.82, 2.24) is 0 Å². The summed E-state index contributed by atoms with van der Waals surface area (Å²) in [5.41, 5.74) is 5.57. The fourth-order valence-electron chi connectivity index (χ4n) is 11.5. The van der Waals surface area contributed by atoms with E-state index in [0.29, 0.717) is 26.1 Å². The third kappa shape index (κ3) is 19.9. The normalized spacial score (nSPS) is 12.6. The van der Waals surface area contributed by atoms with Crippen LogP contribution in [0.5, 0.6) is 0 Å². The maximum absolute atomic E-state index is 12.2. The monoisotopic (exact) mass is 1040 g/mol. The number of carboxylic acid groups (broad SMARTS) is 2. The fourth-order valence-corrected chi connectivity index (χ4v) is 11.5. The SMILES string of the molecule is O=C(O)C(CCCCCCCCCCCCCCOC(c1ccccc1)(c1ccccc1)c1ccccc1)CC(CCCCCCCCCCCCCCOC(c1ccccc1)(c1ccccc1)c1ccccc1)C(=O)O. The Labute approximate surface area is 464 Å². The van der Waals surface area contributed by atoms with Crippen LogP contribution in [0, 0.1) is 11.8 Å². The zero-order valence-corrected chi connectivity index (χ0v) is 46.5. The van der Waals surface area contributed by atoms with Gasteiger partial charge >= 0.3 is 11.9 Å². The van der Waals surface area contributed by atoms with Crippen LogP contribution >= 0.6 is 0 Å². The molecule has 0 aromatic heterocycles. The fraction of sp³-hybridized carbons (Fsp3) is 0.465. The number of hydrogen-bond acceptors (Lipinski definition) is 4. The van der Waals surface area contributed by atoms with Crippen molar-refractivity contribution in [3.8, 4) is 0 Å². The first-order chi connectivity index (χ1) is 37.9. The minimum atomic E-state index is -0.843. The Kier molecular flexibility index (Phi) is 27.9. The van der Waals surface area contributed by atoms with Crippen molar-refractivity contribution in [3.63, 3.8) is 0 Å². The molecule has 6 rings (SSSR count). The number of hydrogen-bond donors (Lipinski definition) is 2. The third-order valence-electron chi connectivity index (χ3n) is 15.9. The van der Waals surface area contributed by atoms with Crippen LogP contribution < -0.4 is 0 Å². The number of benzene rings is 6. The molecule has 0 radical (unpaired) electrons. The molecule has 0 fully saturated rings. The lowest BCUT2D eigenvalue weighted by molar-refractivity contribution is -0.146. The molecule has 0 aliphatic heterocycles. The van der Waals surface area contributed by atoms with Crippen LogP contribution in [-0.2, 0) is 30.3 Å². The molecule has 0 saturated heterocycles. The average molecular weight is 1040 g/mol. The van der Waals surface area contributed by atoms with Gasteiger partial charge in [0.1, 0.15) is 11.2 Å². The predicted molar refractivity (Wildman–Crippen MR) is 317 cm³/mol. The summed E-state index contributed by atoms with van der Waals surface area (Å²) in [7, 11) is 0. The zero-order valence-electron chi connectivity index (χ0n) is 46.5. The first-order valence-corrected chi connectivity index (χ1v) is 30.0. The minimum Gasteiger partial charge on any atom is -0.481 e. The van der Waals surface area contributed by atoms with Gasteiger partial charge in [-0.2, -0.15) is 0 Å². The van der Waals surface area contributed by atoms with Gasteiger partial charge in [0.05, 0.1) is 11.8 Å². The summed E-state index contributed by atoms with van der Waals surface area (Å²) >= 11 is 0. The van der Waals surface area contributed by atoms with Gasteiger partial charge in [-0.05, 0) is 65.5 Å². The van der Waals surface area contributed by atoms with E-state index in [1.54, 1.807) is 0 Å². The van der Waals surface area contributed by atoms with E-state index in [9.17, 15) is 19.8 Å². The second-order valence-electron chi connectivity index (χ2n) is 21.6. The van der Waals surface area contributed by atoms with Crippen LogP contribution in [0.1, 0.15) is 207 Å². The van der Waals surface area contributed by atoms with Crippen LogP contribution in [-0.4, -0.2) is 35.4 Å². The van der Waals surface area contributed by atoms with Crippen molar-refractivity contribution in [2.45, 2.75) is 185 Å². The third-order valence-corrected chi connectivity index (χ3v) is 15.9. The van der Waals surface area contributed by atoms with Crippen molar-refractivity contribution < 1.29 is 29.3 Å². The predicted octanol–water partition coefficient (Wildman–Crippen LogP) is 18.9. The first kappa shape index (κ1) is 60.4. The summed E-state index contributed by atoms with van der Waals surface area (Å²) in [6.45, 7) is 1.38. The van der Waals surface area contributed by atoms with Crippen molar-refractivity contribution in [2.75, 3.05) is 13.2 Å². The Balaban J connectivity index is 0.742. The molecule has 2 atom stereocenters. The van der Waals surface area contributed by atoms with Gasteiger partial charge in [-0.1, -0.05) is 323 Å². The summed E-state index contributed by atoms with van der Waals surface area (Å²) in [6, 6.07) is 63.6. The molecular formula is C71H92O6. The Hall–Kier alpha value is -5.82. The standard InChI is InChI=1S/C71H92O6/c72-68(73)60(43-27-17-13-9-5-1-3-7-11-15-19-41-57-76-70(62-45-29-21-30-46-62,63-47-31-22-32-48-63)64-49-33-23-34-50-64)59-61(69(74)75)44-28-18-14-10-6-2-4-8-12-16-20-42-58-77-71(65-51-35-24-36-52-65,66-53-37-25-38-54-66)67-55-39-26-40-56-67/h21-26,29-40,45-56,60-61H,1-20,27-28,41-44,57-59H2,(H,72,73)(H,74,75). The molecule has 0 heterocycles. The topological polar surface area (TPSA) is 93.1 Å². The van der Waals surface area contributed by atoms with Crippen LogP contribution in [0.15, 0.2) is 182 Å². The lowest BCUT2D eigenvalue weighted by atomic mass is 9.80. The number of unbranched alkanes of at least 4 members (excludes halogenated alkanes) is 22. The number of aliphatic carboxylic acids is 2. The molecule has 0 bridgehead atoms. The van der Waals surface area contributed by atoms with E-state index < -0.39 is 35.0 Å². The lowest BCUT2D eigenvalue weighted by Crippen LogP contribution is -2.33. The molecule has 0 amide bonds. The lowest BCUT2D eigenvalue weighted by Gasteiger charge is -2.36. The van der Waals surface area contributed by atoms with E-state index >= 15 is 0 Å². The van der Waals surface area contributed by atoms with Crippen molar-refractivity contribution in [1.29, 1.82) is 0 Å². The second-order valence-corrected chi connectivity index (χ2v) is 21.6. The van der Waals surface area contributed by atoms with Crippen LogP contribution in [0.3, 0.4) is 0 Å². The second kappa shape index (κ2) is 35.6. The average Bonchev–Trinajstić information content (AvgIpc) is 3.47. The molecule has 77 heavy (non-hydrogen) atoms. The van der Waals surface area contributed by atoms with Gasteiger partial charge in [-0.25, -0.2) is 0 Å². The molecule has 6 aromatic rings. The van der Waals surface area contributed by atoms with Crippen LogP contribution in [0.25, 0.3) is 0 Å². The highest BCUT2D eigenvalue weighted by Crippen LogP contribution is 2.42. The summed E-state index contributed by atoms with van der Waals surface area (Å²) < 4.78 is 13.9. The maximum atomic E-state index is 12.2. The number of carboxylic acids is 2. The molecule has 6 heteroatoms. The highest BCUT2D eigenvalue weighted by Gasteiger charge is 2.38. The Morgan fingerprint density at radius 3 is 0.662 bits per heavy atom. The highest BCUT2D eigenvalue weighted by molar-refractivity contribution is 5.73. The van der Waals surface area contributed by atoms with Gasteiger partial charge in [-0.15, -0.1) is 0 Å². The quantitative estimate of drug-likeness (QED) is 0.0293. The molecule has 2 N–H and O–H groups in total. The van der Waals surface area contributed by atoms with E-state index in [-0.39, 0.29) is 6.42 Å². The molecule has 0 aliphatic rings. The van der Waals surface area contributed by atoms with Gasteiger partial charge in [-0.3, -0.25) is 9.59 Å². The van der Waals surface area contributed by atoms with Gasteiger partial charge in [0.25, 0.3) is 0 Å². The molecule has 0 saturated carbocycles. The van der Waals surface area contributed by atoms with Gasteiger partial charge < -0.3 is 19.7 Å². The largest absolute Gasteiger partial charge is 0.481 e.